The minimum atomic E-state index is -1.11. The number of pyridine rings is 1. The number of allylic oxidation sites excluding steroid dienone is 1. The zero-order chi connectivity index (χ0) is 24.2. The van der Waals surface area contributed by atoms with Gasteiger partial charge in [-0.15, -0.1) is 0 Å². The van der Waals surface area contributed by atoms with Gasteiger partial charge in [0.2, 0.25) is 17.7 Å². The summed E-state index contributed by atoms with van der Waals surface area (Å²) >= 11 is 0. The lowest BCUT2D eigenvalue weighted by Gasteiger charge is -2.17. The van der Waals surface area contributed by atoms with Crippen LogP contribution in [0.2, 0.25) is 0 Å². The highest BCUT2D eigenvalue weighted by Gasteiger charge is 2.20. The number of hydrogen-bond acceptors (Lipinski definition) is 6. The van der Waals surface area contributed by atoms with Crippen LogP contribution in [0.1, 0.15) is 32.6 Å². The van der Waals surface area contributed by atoms with Crippen LogP contribution in [0.15, 0.2) is 35.3 Å². The lowest BCUT2D eigenvalue weighted by Crippen LogP contribution is -2.44. The van der Waals surface area contributed by atoms with Gasteiger partial charge in [-0.2, -0.15) is 0 Å². The van der Waals surface area contributed by atoms with Gasteiger partial charge in [0.05, 0.1) is 0 Å². The molecule has 0 spiro atoms. The molecule has 180 valence electrons. The van der Waals surface area contributed by atoms with Crippen LogP contribution in [0, 0.1) is 0 Å². The number of carboxylic acids is 1. The maximum Gasteiger partial charge on any atom is 0.327 e. The van der Waals surface area contributed by atoms with Gasteiger partial charge < -0.3 is 30.5 Å². The number of carboxylic acid groups (broad SMARTS) is 1. The van der Waals surface area contributed by atoms with E-state index in [-0.39, 0.29) is 31.0 Å². The van der Waals surface area contributed by atoms with Gasteiger partial charge in [0.15, 0.2) is 0 Å². The summed E-state index contributed by atoms with van der Waals surface area (Å²) in [6.07, 6.45) is 6.52. The molecule has 1 aliphatic heterocycles. The van der Waals surface area contributed by atoms with Gasteiger partial charge in [0, 0.05) is 32.3 Å². The highest BCUT2D eigenvalue weighted by atomic mass is 16.4. The quantitative estimate of drug-likeness (QED) is 0.318. The standard InChI is InChI=1S/C22H31N5O6/c1-16(28)24-17(7-2-3-9-20(30)31)21(32)25-18-8-6-13-27(22(18)33)15-19(29)23-10-14-26-11-4-5-12-26/h3,6,8-9,13,17H,2,4-5,7,10-12,14-15H2,1H3,(H,23,29)(H,24,28)(H,25,32)(H,30,31). The molecule has 0 aromatic carbocycles. The fourth-order valence-corrected chi connectivity index (χ4v) is 3.51. The summed E-state index contributed by atoms with van der Waals surface area (Å²) in [5, 5.41) is 16.4. The fourth-order valence-electron chi connectivity index (χ4n) is 3.51. The zero-order valence-corrected chi connectivity index (χ0v) is 18.7. The molecule has 1 unspecified atom stereocenters. The summed E-state index contributed by atoms with van der Waals surface area (Å²) in [7, 11) is 0. The minimum absolute atomic E-state index is 0.0243. The second-order valence-electron chi connectivity index (χ2n) is 7.81. The van der Waals surface area contributed by atoms with E-state index in [0.717, 1.165) is 25.7 Å². The Labute approximate surface area is 191 Å². The Morgan fingerprint density at radius 3 is 2.61 bits per heavy atom. The van der Waals surface area contributed by atoms with Crippen LogP contribution in [0.3, 0.4) is 0 Å². The number of aromatic nitrogens is 1. The maximum absolute atomic E-state index is 12.7. The predicted octanol–water partition coefficient (Wildman–Crippen LogP) is -0.0755. The van der Waals surface area contributed by atoms with Gasteiger partial charge in [-0.3, -0.25) is 19.2 Å². The van der Waals surface area contributed by atoms with Crippen molar-refractivity contribution in [3.8, 4) is 0 Å². The SMILES string of the molecule is CC(=O)NC(CCC=CC(=O)O)C(=O)Nc1cccn(CC(=O)NCCN2CCCC2)c1=O. The molecule has 4 N–H and O–H groups in total. The van der Waals surface area contributed by atoms with Crippen molar-refractivity contribution in [1.82, 2.24) is 20.1 Å². The molecule has 1 atom stereocenters. The van der Waals surface area contributed by atoms with Crippen LogP contribution >= 0.6 is 0 Å². The second kappa shape index (κ2) is 13.2. The Balaban J connectivity index is 1.95. The molecular weight excluding hydrogens is 430 g/mol. The number of rotatable bonds is 12. The Kier molecular flexibility index (Phi) is 10.3. The Morgan fingerprint density at radius 2 is 1.94 bits per heavy atom. The van der Waals surface area contributed by atoms with E-state index < -0.39 is 29.4 Å². The number of amides is 3. The first-order chi connectivity index (χ1) is 15.8. The molecule has 2 heterocycles. The van der Waals surface area contributed by atoms with Gasteiger partial charge in [-0.05, 0) is 50.9 Å². The van der Waals surface area contributed by atoms with E-state index in [4.69, 9.17) is 5.11 Å². The fraction of sp³-hybridized carbons (Fsp3) is 0.500. The first-order valence-corrected chi connectivity index (χ1v) is 10.9. The highest BCUT2D eigenvalue weighted by Crippen LogP contribution is 2.06. The number of carbonyl (C=O) groups is 4. The molecule has 1 aromatic heterocycles. The molecule has 2 rings (SSSR count). The summed E-state index contributed by atoms with van der Waals surface area (Å²) in [5.74, 6) is -2.46. The molecule has 1 fully saturated rings. The third kappa shape index (κ3) is 9.27. The molecule has 33 heavy (non-hydrogen) atoms. The summed E-state index contributed by atoms with van der Waals surface area (Å²) in [5.41, 5.74) is -0.573. The van der Waals surface area contributed by atoms with Crippen molar-refractivity contribution >= 4 is 29.4 Å². The summed E-state index contributed by atoms with van der Waals surface area (Å²) in [6.45, 7) is 4.41. The van der Waals surface area contributed by atoms with E-state index in [2.05, 4.69) is 20.9 Å². The monoisotopic (exact) mass is 461 g/mol. The molecule has 3 amide bonds. The third-order valence-corrected chi connectivity index (χ3v) is 5.12. The molecule has 11 heteroatoms. The molecule has 11 nitrogen and oxygen atoms in total. The van der Waals surface area contributed by atoms with Crippen LogP contribution in [0.5, 0.6) is 0 Å². The van der Waals surface area contributed by atoms with Gasteiger partial charge in [0.25, 0.3) is 5.56 Å². The number of nitrogens with one attached hydrogen (secondary N) is 3. The number of hydrogen-bond donors (Lipinski definition) is 4. The third-order valence-electron chi connectivity index (χ3n) is 5.12. The molecule has 0 saturated carbocycles. The number of aliphatic carboxylic acids is 1. The van der Waals surface area contributed by atoms with Crippen LogP contribution in [-0.2, 0) is 25.7 Å². The Morgan fingerprint density at radius 1 is 1.21 bits per heavy atom. The van der Waals surface area contributed by atoms with Crippen LogP contribution < -0.4 is 21.5 Å². The van der Waals surface area contributed by atoms with Crippen molar-refractivity contribution in [3.05, 3.63) is 40.8 Å². The first-order valence-electron chi connectivity index (χ1n) is 10.9. The van der Waals surface area contributed by atoms with Crippen molar-refractivity contribution in [2.75, 3.05) is 31.5 Å². The molecule has 0 bridgehead atoms. The number of anilines is 1. The maximum atomic E-state index is 12.7. The van der Waals surface area contributed by atoms with Crippen molar-refractivity contribution in [2.45, 2.75) is 45.2 Å². The van der Waals surface area contributed by atoms with E-state index >= 15 is 0 Å². The molecule has 0 radical (unpaired) electrons. The molecule has 1 aromatic rings. The van der Waals surface area contributed by atoms with Crippen LogP contribution in [0.25, 0.3) is 0 Å². The van der Waals surface area contributed by atoms with E-state index in [9.17, 15) is 24.0 Å². The van der Waals surface area contributed by atoms with Crippen molar-refractivity contribution < 1.29 is 24.3 Å². The molecule has 1 aliphatic rings. The predicted molar refractivity (Wildman–Crippen MR) is 122 cm³/mol. The van der Waals surface area contributed by atoms with E-state index in [1.807, 2.05) is 0 Å². The molecule has 1 saturated heterocycles. The van der Waals surface area contributed by atoms with E-state index in [1.165, 1.54) is 48.7 Å². The lowest BCUT2D eigenvalue weighted by molar-refractivity contribution is -0.131. The van der Waals surface area contributed by atoms with Gasteiger partial charge in [-0.25, -0.2) is 4.79 Å². The number of nitrogens with zero attached hydrogens (tertiary/aromatic N) is 2. The summed E-state index contributed by atoms with van der Waals surface area (Å²) in [4.78, 5) is 61.8. The van der Waals surface area contributed by atoms with Gasteiger partial charge in [0.1, 0.15) is 18.3 Å². The Hall–Kier alpha value is -3.47. The highest BCUT2D eigenvalue weighted by molar-refractivity contribution is 5.96. The molecular formula is C22H31N5O6. The minimum Gasteiger partial charge on any atom is -0.478 e. The van der Waals surface area contributed by atoms with Crippen molar-refractivity contribution in [2.24, 2.45) is 0 Å². The molecule has 0 aliphatic carbocycles. The van der Waals surface area contributed by atoms with Crippen LogP contribution in [0.4, 0.5) is 5.69 Å². The van der Waals surface area contributed by atoms with Crippen molar-refractivity contribution in [1.29, 1.82) is 0 Å². The Bertz CT molecular complexity index is 935. The number of carbonyl (C=O) groups excluding carboxylic acids is 3. The summed E-state index contributed by atoms with van der Waals surface area (Å²) < 4.78 is 1.20. The average Bonchev–Trinajstić information content (AvgIpc) is 3.26. The number of likely N-dealkylation sites (tertiary alicyclic amines) is 1. The zero-order valence-electron chi connectivity index (χ0n) is 18.7. The summed E-state index contributed by atoms with van der Waals surface area (Å²) in [6, 6.07) is 2.00. The van der Waals surface area contributed by atoms with E-state index in [0.29, 0.717) is 6.54 Å². The topological polar surface area (TPSA) is 150 Å². The normalized spacial score (nSPS) is 14.7. The second-order valence-corrected chi connectivity index (χ2v) is 7.81. The first kappa shape index (κ1) is 25.8. The van der Waals surface area contributed by atoms with Gasteiger partial charge >= 0.3 is 5.97 Å². The van der Waals surface area contributed by atoms with E-state index in [1.54, 1.807) is 0 Å². The smallest absolute Gasteiger partial charge is 0.327 e. The van der Waals surface area contributed by atoms with Crippen molar-refractivity contribution in [3.63, 3.8) is 0 Å². The average molecular weight is 462 g/mol. The van der Waals surface area contributed by atoms with Crippen LogP contribution in [-0.4, -0.2) is 70.5 Å². The van der Waals surface area contributed by atoms with Gasteiger partial charge in [-0.1, -0.05) is 6.08 Å². The lowest BCUT2D eigenvalue weighted by atomic mass is 10.1. The largest absolute Gasteiger partial charge is 0.478 e.